The maximum Gasteiger partial charge on any atom is 0.107 e. The van der Waals surface area contributed by atoms with Crippen LogP contribution in [0, 0.1) is 6.92 Å². The Morgan fingerprint density at radius 1 is 1.35 bits per heavy atom. The summed E-state index contributed by atoms with van der Waals surface area (Å²) < 4.78 is 5.96. The second-order valence-electron chi connectivity index (χ2n) is 4.68. The minimum Gasteiger partial charge on any atom is -0.371 e. The maximum absolute atomic E-state index is 6.02. The van der Waals surface area contributed by atoms with Crippen LogP contribution in [-0.2, 0) is 4.74 Å². The van der Waals surface area contributed by atoms with Gasteiger partial charge in [0.05, 0.1) is 0 Å². The summed E-state index contributed by atoms with van der Waals surface area (Å²) >= 11 is 1.75. The van der Waals surface area contributed by atoms with Gasteiger partial charge in [0.15, 0.2) is 0 Å². The number of unbranched alkanes of at least 4 members (excludes halogenated alkanes) is 3. The van der Waals surface area contributed by atoms with E-state index in [1.807, 2.05) is 6.92 Å². The summed E-state index contributed by atoms with van der Waals surface area (Å²) in [6.07, 6.45) is 5.02. The molecular weight excluding hydrogens is 230 g/mol. The van der Waals surface area contributed by atoms with E-state index in [0.717, 1.165) is 13.0 Å². The molecule has 98 valence electrons. The van der Waals surface area contributed by atoms with Crippen LogP contribution in [0.15, 0.2) is 11.4 Å². The fourth-order valence-electron chi connectivity index (χ4n) is 1.88. The normalized spacial score (nSPS) is 14.8. The highest BCUT2D eigenvalue weighted by atomic mass is 32.1. The topological polar surface area (TPSA) is 35.2 Å². The molecule has 0 aromatic carbocycles. The van der Waals surface area contributed by atoms with E-state index in [1.54, 1.807) is 11.3 Å². The van der Waals surface area contributed by atoms with Gasteiger partial charge in [0, 0.05) is 17.5 Å². The summed E-state index contributed by atoms with van der Waals surface area (Å²) in [6, 6.07) is 2.19. The molecule has 0 amide bonds. The first-order valence-corrected chi connectivity index (χ1v) is 7.46. The Bertz CT molecular complexity index is 309. The highest BCUT2D eigenvalue weighted by Crippen LogP contribution is 2.28. The molecule has 2 unspecified atom stereocenters. The molecule has 1 aromatic heterocycles. The lowest BCUT2D eigenvalue weighted by molar-refractivity contribution is 0.0379. The summed E-state index contributed by atoms with van der Waals surface area (Å²) in [4.78, 5) is 1.29. The quantitative estimate of drug-likeness (QED) is 0.711. The van der Waals surface area contributed by atoms with Crippen molar-refractivity contribution in [3.8, 4) is 0 Å². The zero-order valence-electron chi connectivity index (χ0n) is 11.2. The van der Waals surface area contributed by atoms with Gasteiger partial charge in [-0.05, 0) is 37.3 Å². The van der Waals surface area contributed by atoms with Crippen molar-refractivity contribution in [2.24, 2.45) is 5.73 Å². The van der Waals surface area contributed by atoms with E-state index in [0.29, 0.717) is 0 Å². The monoisotopic (exact) mass is 255 g/mol. The van der Waals surface area contributed by atoms with Crippen molar-refractivity contribution in [2.45, 2.75) is 58.6 Å². The highest BCUT2D eigenvalue weighted by molar-refractivity contribution is 7.10. The van der Waals surface area contributed by atoms with Crippen LogP contribution < -0.4 is 5.73 Å². The largest absolute Gasteiger partial charge is 0.371 e. The minimum atomic E-state index is 0.0542. The van der Waals surface area contributed by atoms with Gasteiger partial charge in [0.1, 0.15) is 6.10 Å². The van der Waals surface area contributed by atoms with Crippen LogP contribution in [-0.4, -0.2) is 12.6 Å². The smallest absolute Gasteiger partial charge is 0.107 e. The lowest BCUT2D eigenvalue weighted by Gasteiger charge is -2.21. The van der Waals surface area contributed by atoms with Gasteiger partial charge in [-0.1, -0.05) is 26.2 Å². The predicted octanol–water partition coefficient (Wildman–Crippen LogP) is 4.04. The molecule has 0 radical (unpaired) electrons. The highest BCUT2D eigenvalue weighted by Gasteiger charge is 2.19. The van der Waals surface area contributed by atoms with Crippen LogP contribution in [0.3, 0.4) is 0 Å². The second-order valence-corrected chi connectivity index (χ2v) is 5.63. The first-order valence-electron chi connectivity index (χ1n) is 6.58. The lowest BCUT2D eigenvalue weighted by atomic mass is 10.1. The first kappa shape index (κ1) is 14.7. The van der Waals surface area contributed by atoms with Crippen molar-refractivity contribution in [3.63, 3.8) is 0 Å². The van der Waals surface area contributed by atoms with E-state index in [-0.39, 0.29) is 12.1 Å². The molecule has 0 aliphatic heterocycles. The summed E-state index contributed by atoms with van der Waals surface area (Å²) in [5.74, 6) is 0. The number of hydrogen-bond donors (Lipinski definition) is 1. The third-order valence-electron chi connectivity index (χ3n) is 2.93. The van der Waals surface area contributed by atoms with Gasteiger partial charge in [-0.25, -0.2) is 0 Å². The fraction of sp³-hybridized carbons (Fsp3) is 0.714. The number of hydrogen-bond acceptors (Lipinski definition) is 3. The van der Waals surface area contributed by atoms with Gasteiger partial charge >= 0.3 is 0 Å². The first-order chi connectivity index (χ1) is 8.16. The molecular formula is C14H25NOS. The Labute approximate surface area is 109 Å². The average molecular weight is 255 g/mol. The van der Waals surface area contributed by atoms with Crippen LogP contribution in [0.4, 0.5) is 0 Å². The SMILES string of the molecule is CCCCCCOC(c1sccc1C)C(C)N. The van der Waals surface area contributed by atoms with E-state index < -0.39 is 0 Å². The van der Waals surface area contributed by atoms with Crippen molar-refractivity contribution >= 4 is 11.3 Å². The van der Waals surface area contributed by atoms with Crippen LogP contribution in [0.25, 0.3) is 0 Å². The molecule has 0 bridgehead atoms. The van der Waals surface area contributed by atoms with E-state index in [4.69, 9.17) is 10.5 Å². The molecule has 1 aromatic rings. The summed E-state index contributed by atoms with van der Waals surface area (Å²) in [7, 11) is 0. The van der Waals surface area contributed by atoms with Crippen LogP contribution in [0.2, 0.25) is 0 Å². The zero-order chi connectivity index (χ0) is 12.7. The Balaban J connectivity index is 2.42. The molecule has 2 nitrogen and oxygen atoms in total. The summed E-state index contributed by atoms with van der Waals surface area (Å²) in [5.41, 5.74) is 7.32. The van der Waals surface area contributed by atoms with Crippen LogP contribution >= 0.6 is 11.3 Å². The average Bonchev–Trinajstić information content (AvgIpc) is 2.69. The Hall–Kier alpha value is -0.380. The van der Waals surface area contributed by atoms with E-state index in [9.17, 15) is 0 Å². The van der Waals surface area contributed by atoms with Gasteiger partial charge in [-0.15, -0.1) is 11.3 Å². The van der Waals surface area contributed by atoms with E-state index in [1.165, 1.54) is 29.7 Å². The molecule has 0 saturated heterocycles. The summed E-state index contributed by atoms with van der Waals surface area (Å²) in [5, 5.41) is 2.11. The maximum atomic E-state index is 6.02. The van der Waals surface area contributed by atoms with Crippen molar-refractivity contribution < 1.29 is 4.74 Å². The lowest BCUT2D eigenvalue weighted by Crippen LogP contribution is -2.27. The third-order valence-corrected chi connectivity index (χ3v) is 4.01. The Morgan fingerprint density at radius 2 is 2.12 bits per heavy atom. The van der Waals surface area contributed by atoms with Gasteiger partial charge in [-0.2, -0.15) is 0 Å². The van der Waals surface area contributed by atoms with Crippen molar-refractivity contribution in [2.75, 3.05) is 6.61 Å². The second kappa shape index (κ2) is 7.85. The van der Waals surface area contributed by atoms with Crippen LogP contribution in [0.5, 0.6) is 0 Å². The molecule has 0 spiro atoms. The van der Waals surface area contributed by atoms with E-state index in [2.05, 4.69) is 25.3 Å². The predicted molar refractivity (Wildman–Crippen MR) is 75.5 cm³/mol. The number of ether oxygens (including phenoxy) is 1. The van der Waals surface area contributed by atoms with Gasteiger partial charge in [0.25, 0.3) is 0 Å². The number of nitrogens with two attached hydrogens (primary N) is 1. The zero-order valence-corrected chi connectivity index (χ0v) is 12.1. The molecule has 3 heteroatoms. The van der Waals surface area contributed by atoms with Gasteiger partial charge < -0.3 is 10.5 Å². The van der Waals surface area contributed by atoms with Crippen molar-refractivity contribution in [3.05, 3.63) is 21.9 Å². The standard InChI is InChI=1S/C14H25NOS/c1-4-5-6-7-9-16-13(12(3)15)14-11(2)8-10-17-14/h8,10,12-13H,4-7,9,15H2,1-3H3. The number of rotatable bonds is 8. The molecule has 17 heavy (non-hydrogen) atoms. The van der Waals surface area contributed by atoms with Crippen molar-refractivity contribution in [1.82, 2.24) is 0 Å². The minimum absolute atomic E-state index is 0.0542. The molecule has 1 rings (SSSR count). The summed E-state index contributed by atoms with van der Waals surface area (Å²) in [6.45, 7) is 7.20. The Morgan fingerprint density at radius 3 is 2.65 bits per heavy atom. The number of thiophene rings is 1. The van der Waals surface area contributed by atoms with Gasteiger partial charge in [0.2, 0.25) is 0 Å². The molecule has 2 N–H and O–H groups in total. The van der Waals surface area contributed by atoms with Crippen LogP contribution in [0.1, 0.15) is 56.1 Å². The van der Waals surface area contributed by atoms with E-state index >= 15 is 0 Å². The Kier molecular flexibility index (Phi) is 6.78. The molecule has 0 aliphatic carbocycles. The van der Waals surface area contributed by atoms with Crippen molar-refractivity contribution in [1.29, 1.82) is 0 Å². The molecule has 0 saturated carbocycles. The molecule has 2 atom stereocenters. The van der Waals surface area contributed by atoms with Gasteiger partial charge in [-0.3, -0.25) is 0 Å². The third kappa shape index (κ3) is 4.78. The molecule has 0 aliphatic rings. The fourth-order valence-corrected chi connectivity index (χ4v) is 2.97. The molecule has 0 fully saturated rings. The molecule has 1 heterocycles. The number of aryl methyl sites for hydroxylation is 1.